The second-order valence-electron chi connectivity index (χ2n) is 8.70. The molecule has 33 heavy (non-hydrogen) atoms. The van der Waals surface area contributed by atoms with Crippen LogP contribution in [-0.2, 0) is 19.9 Å². The van der Waals surface area contributed by atoms with Gasteiger partial charge in [0.05, 0.1) is 61.1 Å². The van der Waals surface area contributed by atoms with Crippen molar-refractivity contribution in [3.8, 4) is 5.75 Å². The first kappa shape index (κ1) is 23.2. The minimum absolute atomic E-state index is 0.0422. The summed E-state index contributed by atoms with van der Waals surface area (Å²) in [6, 6.07) is 2.68. The summed E-state index contributed by atoms with van der Waals surface area (Å²) in [6.45, 7) is 3.41. The Labute approximate surface area is 192 Å². The minimum atomic E-state index is -1.46. The number of piperidine rings is 2. The SMILES string of the molecule is CC[C@@H]1CN2CC[C@@]3(O)C(=Nc4ccc([N+](=O)[O-])c(OC)c43)[C@@H]2C[C@@H]1/C(=C\OC)C(=O)OC. The Hall–Kier alpha value is -2.98. The van der Waals surface area contributed by atoms with Crippen LogP contribution < -0.4 is 4.74 Å². The zero-order chi connectivity index (χ0) is 23.9. The highest BCUT2D eigenvalue weighted by Gasteiger charge is 2.55. The van der Waals surface area contributed by atoms with E-state index in [1.807, 2.05) is 0 Å². The molecule has 0 saturated carbocycles. The van der Waals surface area contributed by atoms with Crippen LogP contribution in [0.4, 0.5) is 11.4 Å². The molecule has 0 amide bonds. The van der Waals surface area contributed by atoms with Gasteiger partial charge in [-0.1, -0.05) is 13.3 Å². The van der Waals surface area contributed by atoms with Gasteiger partial charge < -0.3 is 19.3 Å². The summed E-state index contributed by atoms with van der Waals surface area (Å²) in [5.41, 5.74) is 0.171. The lowest BCUT2D eigenvalue weighted by Gasteiger charge is -2.50. The fourth-order valence-electron chi connectivity index (χ4n) is 5.66. The van der Waals surface area contributed by atoms with Crippen LogP contribution in [-0.4, -0.2) is 67.1 Å². The molecule has 1 aromatic rings. The van der Waals surface area contributed by atoms with Gasteiger partial charge in [-0.25, -0.2) is 4.79 Å². The Morgan fingerprint density at radius 1 is 1.39 bits per heavy atom. The lowest BCUT2D eigenvalue weighted by Crippen LogP contribution is -2.60. The number of hydrogen-bond donors (Lipinski definition) is 1. The van der Waals surface area contributed by atoms with Crippen LogP contribution in [0.3, 0.4) is 0 Å². The molecule has 0 radical (unpaired) electrons. The smallest absolute Gasteiger partial charge is 0.337 e. The predicted octanol–water partition coefficient (Wildman–Crippen LogP) is 2.70. The third-order valence-corrected chi connectivity index (χ3v) is 7.22. The van der Waals surface area contributed by atoms with E-state index in [0.717, 1.165) is 13.0 Å². The number of aliphatic imine (C=N–C) groups is 1. The van der Waals surface area contributed by atoms with Gasteiger partial charge in [-0.2, -0.15) is 0 Å². The van der Waals surface area contributed by atoms with E-state index >= 15 is 0 Å². The van der Waals surface area contributed by atoms with Crippen molar-refractivity contribution in [3.05, 3.63) is 39.6 Å². The summed E-state index contributed by atoms with van der Waals surface area (Å²) in [4.78, 5) is 30.6. The molecule has 0 spiro atoms. The highest BCUT2D eigenvalue weighted by molar-refractivity contribution is 6.06. The molecular formula is C23H29N3O7. The molecule has 4 atom stereocenters. The Balaban J connectivity index is 1.76. The van der Waals surface area contributed by atoms with E-state index in [-0.39, 0.29) is 29.3 Å². The van der Waals surface area contributed by atoms with Crippen LogP contribution in [0.2, 0.25) is 0 Å². The van der Waals surface area contributed by atoms with Gasteiger partial charge in [-0.3, -0.25) is 20.0 Å². The normalized spacial score (nSPS) is 28.8. The van der Waals surface area contributed by atoms with Crippen molar-refractivity contribution >= 4 is 23.1 Å². The lowest BCUT2D eigenvalue weighted by molar-refractivity contribution is -0.385. The first-order valence-electron chi connectivity index (χ1n) is 11.0. The molecule has 10 heteroatoms. The van der Waals surface area contributed by atoms with Crippen molar-refractivity contribution in [2.75, 3.05) is 34.4 Å². The van der Waals surface area contributed by atoms with E-state index in [1.54, 1.807) is 6.07 Å². The fraction of sp³-hybridized carbons (Fsp3) is 0.565. The van der Waals surface area contributed by atoms with E-state index in [4.69, 9.17) is 19.2 Å². The zero-order valence-corrected chi connectivity index (χ0v) is 19.2. The summed E-state index contributed by atoms with van der Waals surface area (Å²) in [5.74, 6) is -0.337. The molecule has 2 saturated heterocycles. The number of benzene rings is 1. The highest BCUT2D eigenvalue weighted by Crippen LogP contribution is 2.53. The molecule has 4 rings (SSSR count). The number of nitro groups is 1. The number of ether oxygens (including phenoxy) is 3. The van der Waals surface area contributed by atoms with Gasteiger partial charge in [0.2, 0.25) is 5.75 Å². The molecule has 1 N–H and O–H groups in total. The van der Waals surface area contributed by atoms with Crippen LogP contribution in [0.1, 0.15) is 31.7 Å². The quantitative estimate of drug-likeness (QED) is 0.226. The summed E-state index contributed by atoms with van der Waals surface area (Å²) >= 11 is 0. The molecule has 3 aliphatic rings. The third kappa shape index (κ3) is 3.57. The highest BCUT2D eigenvalue weighted by atomic mass is 16.6. The molecular weight excluding hydrogens is 430 g/mol. The van der Waals surface area contributed by atoms with Crippen molar-refractivity contribution in [1.82, 2.24) is 4.90 Å². The largest absolute Gasteiger partial charge is 0.504 e. The van der Waals surface area contributed by atoms with Crippen molar-refractivity contribution < 1.29 is 29.0 Å². The summed E-state index contributed by atoms with van der Waals surface area (Å²) in [6.07, 6.45) is 3.21. The van der Waals surface area contributed by atoms with Crippen molar-refractivity contribution in [1.29, 1.82) is 0 Å². The Bertz CT molecular complexity index is 1040. The predicted molar refractivity (Wildman–Crippen MR) is 120 cm³/mol. The van der Waals surface area contributed by atoms with Gasteiger partial charge in [-0.05, 0) is 30.7 Å². The van der Waals surface area contributed by atoms with Gasteiger partial charge >= 0.3 is 11.7 Å². The maximum atomic E-state index is 12.5. The van der Waals surface area contributed by atoms with E-state index in [0.29, 0.717) is 41.9 Å². The van der Waals surface area contributed by atoms with Gasteiger partial charge in [0.1, 0.15) is 5.60 Å². The molecule has 0 aliphatic carbocycles. The van der Waals surface area contributed by atoms with E-state index in [9.17, 15) is 20.0 Å². The molecule has 0 aromatic heterocycles. The van der Waals surface area contributed by atoms with E-state index in [1.165, 1.54) is 33.7 Å². The number of nitrogens with zero attached hydrogens (tertiary/aromatic N) is 3. The molecule has 0 bridgehead atoms. The van der Waals surface area contributed by atoms with Crippen LogP contribution in [0.5, 0.6) is 5.75 Å². The first-order chi connectivity index (χ1) is 15.8. The van der Waals surface area contributed by atoms with Crippen molar-refractivity contribution in [2.24, 2.45) is 16.8 Å². The molecule has 10 nitrogen and oxygen atoms in total. The Morgan fingerprint density at radius 3 is 2.76 bits per heavy atom. The van der Waals surface area contributed by atoms with Crippen LogP contribution in [0, 0.1) is 22.0 Å². The second-order valence-corrected chi connectivity index (χ2v) is 8.70. The van der Waals surface area contributed by atoms with Crippen LogP contribution in [0.25, 0.3) is 0 Å². The van der Waals surface area contributed by atoms with E-state index in [2.05, 4.69) is 11.8 Å². The third-order valence-electron chi connectivity index (χ3n) is 7.22. The molecule has 0 unspecified atom stereocenters. The number of esters is 1. The maximum Gasteiger partial charge on any atom is 0.337 e. The average Bonchev–Trinajstić information content (AvgIpc) is 3.13. The van der Waals surface area contributed by atoms with Gasteiger partial charge in [0.25, 0.3) is 0 Å². The molecule has 1 aromatic carbocycles. The first-order valence-corrected chi connectivity index (χ1v) is 11.0. The van der Waals surface area contributed by atoms with Crippen LogP contribution in [0.15, 0.2) is 29.0 Å². The van der Waals surface area contributed by atoms with Crippen molar-refractivity contribution in [3.63, 3.8) is 0 Å². The minimum Gasteiger partial charge on any atom is -0.504 e. The molecule has 2 fully saturated rings. The zero-order valence-electron chi connectivity index (χ0n) is 19.2. The summed E-state index contributed by atoms with van der Waals surface area (Å²) < 4.78 is 15.6. The number of carbonyl (C=O) groups is 1. The number of carbonyl (C=O) groups excluding carboxylic acids is 1. The average molecular weight is 459 g/mol. The number of rotatable bonds is 6. The molecule has 178 valence electrons. The maximum absolute atomic E-state index is 12.5. The Morgan fingerprint density at radius 2 is 2.15 bits per heavy atom. The summed E-state index contributed by atoms with van der Waals surface area (Å²) in [5, 5.41) is 23.4. The van der Waals surface area contributed by atoms with Crippen molar-refractivity contribution in [2.45, 2.75) is 37.8 Å². The van der Waals surface area contributed by atoms with E-state index < -0.39 is 16.5 Å². The number of fused-ring (bicyclic) bond motifs is 5. The van der Waals surface area contributed by atoms with Gasteiger partial charge in [0, 0.05) is 19.2 Å². The van der Waals surface area contributed by atoms with Gasteiger partial charge in [-0.15, -0.1) is 0 Å². The van der Waals surface area contributed by atoms with Crippen LogP contribution >= 0.6 is 0 Å². The fourth-order valence-corrected chi connectivity index (χ4v) is 5.66. The Kier molecular flexibility index (Phi) is 6.15. The second kappa shape index (κ2) is 8.75. The number of methoxy groups -OCH3 is 3. The number of nitro benzene ring substituents is 1. The molecule has 3 heterocycles. The topological polar surface area (TPSA) is 124 Å². The molecule has 3 aliphatic heterocycles. The lowest BCUT2D eigenvalue weighted by atomic mass is 9.70. The standard InChI is InChI=1S/C23H29N3O7/c1-5-13-11-25-9-8-23(28)19-16(6-7-17(26(29)30)20(19)32-3)24-21(23)18(25)10-14(13)15(12-31-2)22(27)33-4/h6-7,12-14,18,28H,5,8-11H2,1-4H3/b15-12+/t13-,14+,18+,23+/m1/s1. The number of aliphatic hydroxyl groups is 1. The monoisotopic (exact) mass is 459 g/mol. The summed E-state index contributed by atoms with van der Waals surface area (Å²) in [7, 11) is 4.20. The number of hydrogen-bond acceptors (Lipinski definition) is 9. The van der Waals surface area contributed by atoms with Gasteiger partial charge in [0.15, 0.2) is 0 Å².